The summed E-state index contributed by atoms with van der Waals surface area (Å²) in [7, 11) is 0. The van der Waals surface area contributed by atoms with Crippen molar-refractivity contribution in [2.24, 2.45) is 9.98 Å². The van der Waals surface area contributed by atoms with Crippen molar-refractivity contribution >= 4 is 51.9 Å². The molecule has 1 atom stereocenters. The minimum Gasteiger partial charge on any atom is -0.467 e. The van der Waals surface area contributed by atoms with Crippen LogP contribution in [0.4, 0.5) is 11.4 Å². The molecule has 1 aromatic heterocycles. The number of aliphatic imine (C=N–C) groups is 2. The van der Waals surface area contributed by atoms with E-state index in [2.05, 4.69) is 22.5 Å². The molecule has 2 aliphatic rings. The number of carbonyl (C=O) groups is 3. The highest BCUT2D eigenvalue weighted by Crippen LogP contribution is 2.35. The SMILES string of the molecule is CCc1ccc(NC(=O)CSC2=Nc3ccccc3C3=NC(=O)C(CC(=O)NCc4ccco4)N23)cc1. The van der Waals surface area contributed by atoms with Crippen LogP contribution in [0.2, 0.25) is 0 Å². The van der Waals surface area contributed by atoms with Crippen LogP contribution in [0.1, 0.15) is 30.2 Å². The van der Waals surface area contributed by atoms with E-state index >= 15 is 0 Å². The third-order valence-corrected chi connectivity index (χ3v) is 6.96. The molecule has 37 heavy (non-hydrogen) atoms. The fourth-order valence-electron chi connectivity index (χ4n) is 4.10. The third kappa shape index (κ3) is 5.49. The first kappa shape index (κ1) is 24.5. The predicted octanol–water partition coefficient (Wildman–Crippen LogP) is 3.88. The Morgan fingerprint density at radius 3 is 2.59 bits per heavy atom. The summed E-state index contributed by atoms with van der Waals surface area (Å²) in [5.74, 6) is 0.191. The van der Waals surface area contributed by atoms with Gasteiger partial charge in [0.15, 0.2) is 5.17 Å². The highest BCUT2D eigenvalue weighted by atomic mass is 32.2. The number of hydrogen-bond donors (Lipinski definition) is 2. The molecular formula is C27H25N5O4S. The van der Waals surface area contributed by atoms with E-state index < -0.39 is 11.9 Å². The van der Waals surface area contributed by atoms with Crippen molar-refractivity contribution in [3.8, 4) is 0 Å². The van der Waals surface area contributed by atoms with Crippen molar-refractivity contribution in [3.63, 3.8) is 0 Å². The molecule has 2 aromatic carbocycles. The van der Waals surface area contributed by atoms with Crippen molar-refractivity contribution in [1.82, 2.24) is 10.2 Å². The first-order chi connectivity index (χ1) is 18.0. The topological polar surface area (TPSA) is 116 Å². The molecule has 0 bridgehead atoms. The molecule has 0 saturated carbocycles. The summed E-state index contributed by atoms with van der Waals surface area (Å²) in [6.45, 7) is 2.29. The van der Waals surface area contributed by atoms with Crippen molar-refractivity contribution in [2.75, 3.05) is 11.1 Å². The maximum absolute atomic E-state index is 12.9. The van der Waals surface area contributed by atoms with Gasteiger partial charge in [0.25, 0.3) is 5.91 Å². The number of nitrogens with zero attached hydrogens (tertiary/aromatic N) is 3. The molecule has 0 saturated heterocycles. The number of nitrogens with one attached hydrogen (secondary N) is 2. The van der Waals surface area contributed by atoms with Gasteiger partial charge in [-0.25, -0.2) is 4.99 Å². The van der Waals surface area contributed by atoms with Gasteiger partial charge in [-0.15, -0.1) is 0 Å². The van der Waals surface area contributed by atoms with Crippen LogP contribution in [0.15, 0.2) is 81.3 Å². The quantitative estimate of drug-likeness (QED) is 0.470. The Labute approximate surface area is 218 Å². The number of rotatable bonds is 8. The van der Waals surface area contributed by atoms with Crippen LogP contribution in [0.3, 0.4) is 0 Å². The number of benzene rings is 2. The van der Waals surface area contributed by atoms with Gasteiger partial charge in [0.05, 0.1) is 30.7 Å². The summed E-state index contributed by atoms with van der Waals surface area (Å²) in [5, 5.41) is 6.11. The molecule has 2 N–H and O–H groups in total. The second-order valence-corrected chi connectivity index (χ2v) is 9.46. The lowest BCUT2D eigenvalue weighted by Crippen LogP contribution is -2.46. The predicted molar refractivity (Wildman–Crippen MR) is 143 cm³/mol. The van der Waals surface area contributed by atoms with Crippen molar-refractivity contribution < 1.29 is 18.8 Å². The lowest BCUT2D eigenvalue weighted by Gasteiger charge is -2.30. The Bertz CT molecular complexity index is 1380. The van der Waals surface area contributed by atoms with E-state index in [1.54, 1.807) is 17.0 Å². The highest BCUT2D eigenvalue weighted by Gasteiger charge is 2.42. The lowest BCUT2D eigenvalue weighted by atomic mass is 10.1. The van der Waals surface area contributed by atoms with E-state index in [9.17, 15) is 14.4 Å². The molecule has 2 aliphatic heterocycles. The summed E-state index contributed by atoms with van der Waals surface area (Å²) in [6.07, 6.45) is 2.35. The minimum atomic E-state index is -0.851. The zero-order valence-electron chi connectivity index (χ0n) is 20.1. The zero-order chi connectivity index (χ0) is 25.8. The van der Waals surface area contributed by atoms with Crippen molar-refractivity contribution in [2.45, 2.75) is 32.4 Å². The summed E-state index contributed by atoms with van der Waals surface area (Å²) in [6, 6.07) is 17.7. The fourth-order valence-corrected chi connectivity index (χ4v) is 4.95. The monoisotopic (exact) mass is 515 g/mol. The van der Waals surface area contributed by atoms with E-state index in [0.29, 0.717) is 33.7 Å². The molecule has 0 radical (unpaired) electrons. The van der Waals surface area contributed by atoms with E-state index in [0.717, 1.165) is 6.42 Å². The zero-order valence-corrected chi connectivity index (χ0v) is 21.0. The van der Waals surface area contributed by atoms with Gasteiger partial charge in [0.2, 0.25) is 11.8 Å². The molecule has 3 heterocycles. The number of thioether (sulfide) groups is 1. The molecule has 3 amide bonds. The molecule has 188 valence electrons. The van der Waals surface area contributed by atoms with Crippen LogP contribution < -0.4 is 10.6 Å². The number of furan rings is 1. The number of anilines is 1. The van der Waals surface area contributed by atoms with Crippen molar-refractivity contribution in [1.29, 1.82) is 0 Å². The van der Waals surface area contributed by atoms with Crippen LogP contribution in [0, 0.1) is 0 Å². The number of para-hydroxylation sites is 1. The standard InChI is InChI=1S/C27H25N5O4S/c1-2-17-9-11-18(12-10-17)29-24(34)16-37-27-30-21-8-4-3-7-20(21)25-31-26(35)22(32(25)27)14-23(33)28-15-19-6-5-13-36-19/h3-13,22H,2,14-16H2,1H3,(H,28,33)(H,29,34). The average molecular weight is 516 g/mol. The van der Waals surface area contributed by atoms with Gasteiger partial charge in [0.1, 0.15) is 17.6 Å². The summed E-state index contributed by atoms with van der Waals surface area (Å²) < 4.78 is 5.25. The van der Waals surface area contributed by atoms with Gasteiger partial charge in [-0.3, -0.25) is 19.3 Å². The summed E-state index contributed by atoms with van der Waals surface area (Å²) in [4.78, 5) is 49.0. The Morgan fingerprint density at radius 1 is 1.03 bits per heavy atom. The van der Waals surface area contributed by atoms with E-state index in [1.165, 1.54) is 23.6 Å². The molecule has 3 aromatic rings. The third-order valence-electron chi connectivity index (χ3n) is 6.01. The van der Waals surface area contributed by atoms with Crippen molar-refractivity contribution in [3.05, 3.63) is 83.8 Å². The molecule has 0 spiro atoms. The molecular weight excluding hydrogens is 490 g/mol. The molecule has 9 nitrogen and oxygen atoms in total. The van der Waals surface area contributed by atoms with E-state index in [4.69, 9.17) is 9.41 Å². The Hall–Kier alpha value is -4.18. The molecule has 10 heteroatoms. The number of carbonyl (C=O) groups excluding carboxylic acids is 3. The average Bonchev–Trinajstić information content (AvgIpc) is 3.55. The van der Waals surface area contributed by atoms with Crippen LogP contribution >= 0.6 is 11.8 Å². The minimum absolute atomic E-state index is 0.0753. The van der Waals surface area contributed by atoms with Gasteiger partial charge in [0, 0.05) is 11.3 Å². The highest BCUT2D eigenvalue weighted by molar-refractivity contribution is 8.14. The summed E-state index contributed by atoms with van der Waals surface area (Å²) in [5.41, 5.74) is 3.27. The number of amides is 3. The van der Waals surface area contributed by atoms with Crippen LogP contribution in [0.5, 0.6) is 0 Å². The van der Waals surface area contributed by atoms with Gasteiger partial charge >= 0.3 is 0 Å². The maximum atomic E-state index is 12.9. The van der Waals surface area contributed by atoms with Gasteiger partial charge in [-0.05, 0) is 48.4 Å². The fraction of sp³-hybridized carbons (Fsp3) is 0.222. The number of fused-ring (bicyclic) bond motifs is 3. The largest absolute Gasteiger partial charge is 0.467 e. The second kappa shape index (κ2) is 10.8. The van der Waals surface area contributed by atoms with E-state index in [1.807, 2.05) is 48.5 Å². The first-order valence-electron chi connectivity index (χ1n) is 11.9. The van der Waals surface area contributed by atoms with Crippen LogP contribution in [-0.2, 0) is 27.3 Å². The normalized spacial score (nSPS) is 16.0. The van der Waals surface area contributed by atoms with Gasteiger partial charge < -0.3 is 15.1 Å². The second-order valence-electron chi connectivity index (χ2n) is 8.52. The Kier molecular flexibility index (Phi) is 7.18. The molecule has 0 fully saturated rings. The Balaban J connectivity index is 1.30. The number of hydrogen-bond acceptors (Lipinski definition) is 7. The van der Waals surface area contributed by atoms with Gasteiger partial charge in [-0.2, -0.15) is 4.99 Å². The molecule has 1 unspecified atom stereocenters. The number of aryl methyl sites for hydroxylation is 1. The Morgan fingerprint density at radius 2 is 1.84 bits per heavy atom. The first-order valence-corrected chi connectivity index (χ1v) is 12.9. The smallest absolute Gasteiger partial charge is 0.271 e. The molecule has 5 rings (SSSR count). The van der Waals surface area contributed by atoms with E-state index in [-0.39, 0.29) is 30.5 Å². The van der Waals surface area contributed by atoms with Crippen LogP contribution in [0.25, 0.3) is 0 Å². The summed E-state index contributed by atoms with van der Waals surface area (Å²) >= 11 is 1.20. The van der Waals surface area contributed by atoms with Crippen LogP contribution in [-0.4, -0.2) is 45.4 Å². The lowest BCUT2D eigenvalue weighted by molar-refractivity contribution is -0.126. The molecule has 0 aliphatic carbocycles. The van der Waals surface area contributed by atoms with Gasteiger partial charge in [-0.1, -0.05) is 43.0 Å². The maximum Gasteiger partial charge on any atom is 0.271 e. The number of amidine groups is 2.